The molecule has 0 spiro atoms. The molecule has 41 heavy (non-hydrogen) atoms. The minimum atomic E-state index is -0.787. The smallest absolute Gasteiger partial charge is 0.271 e. The quantitative estimate of drug-likeness (QED) is 0.395. The summed E-state index contributed by atoms with van der Waals surface area (Å²) in [4.78, 5) is 37.0. The molecule has 0 saturated carbocycles. The summed E-state index contributed by atoms with van der Waals surface area (Å²) in [6.07, 6.45) is 1.68. The van der Waals surface area contributed by atoms with E-state index >= 15 is 0 Å². The average Bonchev–Trinajstić information content (AvgIpc) is 3.28. The van der Waals surface area contributed by atoms with Crippen molar-refractivity contribution >= 4 is 29.0 Å². The van der Waals surface area contributed by atoms with Crippen LogP contribution in [-0.4, -0.2) is 60.9 Å². The number of nitrogens with zero attached hydrogens (tertiary/aromatic N) is 4. The molecule has 0 fully saturated rings. The summed E-state index contributed by atoms with van der Waals surface area (Å²) in [5, 5.41) is 10.8. The number of methoxy groups -OCH3 is 2. The number of carbonyl (C=O) groups is 1. The number of hydrogen-bond donors (Lipinski definition) is 1. The van der Waals surface area contributed by atoms with Crippen molar-refractivity contribution in [2.45, 2.75) is 40.7 Å². The number of carbonyl (C=O) groups excluding carboxylic acids is 1. The largest absolute Gasteiger partial charge is 0.507 e. The molecule has 0 unspecified atom stereocenters. The maximum atomic E-state index is 14.1. The van der Waals surface area contributed by atoms with E-state index in [1.807, 2.05) is 26.0 Å². The first kappa shape index (κ1) is 29.9. The lowest BCUT2D eigenvalue weighted by atomic mass is 9.93. The number of phenolic OH excluding ortho intramolecular Hbond substituents is 1. The minimum absolute atomic E-state index is 0.0832. The predicted molar refractivity (Wildman–Crippen MR) is 163 cm³/mol. The van der Waals surface area contributed by atoms with Crippen LogP contribution in [0.4, 0.5) is 5.69 Å². The topological polar surface area (TPSA) is 96.6 Å². The molecule has 9 nitrogen and oxygen atoms in total. The molecule has 1 atom stereocenters. The van der Waals surface area contributed by atoms with Crippen LogP contribution >= 0.6 is 11.3 Å². The SMILES string of the molecule is CCN(CC)C(=O)C1=C(C)N=c2s/c(=C/c3ccc(N(CC)CC)cc3O)c(=O)n2[C@H]1c1cc(OC)ccc1OC. The van der Waals surface area contributed by atoms with Crippen LogP contribution in [0.5, 0.6) is 17.2 Å². The molecule has 2 heterocycles. The van der Waals surface area contributed by atoms with Gasteiger partial charge < -0.3 is 24.4 Å². The molecule has 1 aromatic heterocycles. The van der Waals surface area contributed by atoms with Crippen LogP contribution in [-0.2, 0) is 4.79 Å². The maximum absolute atomic E-state index is 14.1. The van der Waals surface area contributed by atoms with Gasteiger partial charge in [0.2, 0.25) is 0 Å². The van der Waals surface area contributed by atoms with Crippen molar-refractivity contribution in [1.29, 1.82) is 0 Å². The number of allylic oxidation sites excluding steroid dienone is 1. The Balaban J connectivity index is 1.97. The first-order valence-corrected chi connectivity index (χ1v) is 14.7. The standard InChI is InChI=1S/C31H38N4O5S/c1-8-33(9-2)21-13-12-20(24(36)17-21)16-26-29(37)35-28(23-18-22(39-6)14-15-25(23)40-7)27(19(5)32-31(35)41-26)30(38)34(10-3)11-4/h12-18,28,36H,8-11H2,1-7H3/b26-16+/t28-/m0/s1. The van der Waals surface area contributed by atoms with Gasteiger partial charge in [-0.05, 0) is 71.0 Å². The minimum Gasteiger partial charge on any atom is -0.507 e. The van der Waals surface area contributed by atoms with Gasteiger partial charge in [0.1, 0.15) is 23.3 Å². The second kappa shape index (κ2) is 12.6. The molecule has 1 amide bonds. The second-order valence-corrected chi connectivity index (χ2v) is 10.6. The summed E-state index contributed by atoms with van der Waals surface area (Å²) in [6, 6.07) is 10.0. The highest BCUT2D eigenvalue weighted by Crippen LogP contribution is 2.38. The zero-order valence-electron chi connectivity index (χ0n) is 24.7. The molecule has 1 aliphatic heterocycles. The number of benzene rings is 2. The summed E-state index contributed by atoms with van der Waals surface area (Å²) in [7, 11) is 3.13. The van der Waals surface area contributed by atoms with Crippen LogP contribution in [0.1, 0.15) is 51.8 Å². The van der Waals surface area contributed by atoms with Crippen LogP contribution in [0.3, 0.4) is 0 Å². The number of hydrogen-bond acceptors (Lipinski definition) is 8. The van der Waals surface area contributed by atoms with E-state index in [0.717, 1.165) is 18.8 Å². The fourth-order valence-electron chi connectivity index (χ4n) is 5.20. The van der Waals surface area contributed by atoms with Crippen molar-refractivity contribution in [3.8, 4) is 17.2 Å². The molecule has 218 valence electrons. The van der Waals surface area contributed by atoms with Crippen LogP contribution in [0.2, 0.25) is 0 Å². The van der Waals surface area contributed by atoms with E-state index in [0.29, 0.717) is 56.3 Å². The van der Waals surface area contributed by atoms with Crippen molar-refractivity contribution in [2.24, 2.45) is 4.99 Å². The van der Waals surface area contributed by atoms with Crippen LogP contribution in [0.15, 0.2) is 57.5 Å². The molecule has 2 aromatic carbocycles. The Kier molecular flexibility index (Phi) is 9.22. The Bertz CT molecular complexity index is 1650. The molecule has 0 bridgehead atoms. The van der Waals surface area contributed by atoms with E-state index in [1.165, 1.54) is 11.3 Å². The third-order valence-corrected chi connectivity index (χ3v) is 8.45. The molecule has 10 heteroatoms. The normalized spacial score (nSPS) is 14.9. The third kappa shape index (κ3) is 5.61. The number of aromatic nitrogens is 1. The maximum Gasteiger partial charge on any atom is 0.271 e. The van der Waals surface area contributed by atoms with Gasteiger partial charge in [-0.25, -0.2) is 4.99 Å². The molecule has 0 aliphatic carbocycles. The number of rotatable bonds is 10. The first-order valence-electron chi connectivity index (χ1n) is 13.8. The summed E-state index contributed by atoms with van der Waals surface area (Å²) in [6.45, 7) is 12.4. The van der Waals surface area contributed by atoms with Crippen LogP contribution in [0.25, 0.3) is 6.08 Å². The van der Waals surface area contributed by atoms with Crippen molar-refractivity contribution in [2.75, 3.05) is 45.3 Å². The average molecular weight is 579 g/mol. The highest BCUT2D eigenvalue weighted by Gasteiger charge is 2.36. The second-order valence-electron chi connectivity index (χ2n) is 9.58. The molecule has 3 aromatic rings. The first-order chi connectivity index (χ1) is 19.7. The molecular weight excluding hydrogens is 540 g/mol. The number of thiazole rings is 1. The monoisotopic (exact) mass is 578 g/mol. The number of phenols is 1. The summed E-state index contributed by atoms with van der Waals surface area (Å²) in [5.41, 5.74) is 2.69. The number of amides is 1. The molecule has 1 N–H and O–H groups in total. The van der Waals surface area contributed by atoms with E-state index in [1.54, 1.807) is 61.0 Å². The van der Waals surface area contributed by atoms with Gasteiger partial charge in [0.05, 0.1) is 30.0 Å². The Labute approximate surface area is 244 Å². The molecular formula is C31H38N4O5S. The fourth-order valence-corrected chi connectivity index (χ4v) is 6.24. The van der Waals surface area contributed by atoms with E-state index < -0.39 is 6.04 Å². The Morgan fingerprint density at radius 3 is 2.34 bits per heavy atom. The summed E-state index contributed by atoms with van der Waals surface area (Å²) < 4.78 is 13.2. The Hall–Kier alpha value is -4.05. The van der Waals surface area contributed by atoms with Gasteiger partial charge in [0.15, 0.2) is 4.80 Å². The lowest BCUT2D eigenvalue weighted by Crippen LogP contribution is -2.43. The molecule has 0 saturated heterocycles. The molecule has 0 radical (unpaired) electrons. The van der Waals surface area contributed by atoms with Crippen molar-refractivity contribution < 1.29 is 19.4 Å². The van der Waals surface area contributed by atoms with Crippen molar-refractivity contribution in [3.63, 3.8) is 0 Å². The van der Waals surface area contributed by atoms with Crippen molar-refractivity contribution in [3.05, 3.63) is 78.5 Å². The van der Waals surface area contributed by atoms with Gasteiger partial charge in [-0.2, -0.15) is 0 Å². The zero-order valence-corrected chi connectivity index (χ0v) is 25.5. The van der Waals surface area contributed by atoms with Crippen LogP contribution in [0, 0.1) is 0 Å². The molecule has 4 rings (SSSR count). The zero-order chi connectivity index (χ0) is 29.8. The lowest BCUT2D eigenvalue weighted by Gasteiger charge is -2.30. The Morgan fingerprint density at radius 2 is 1.76 bits per heavy atom. The third-order valence-electron chi connectivity index (χ3n) is 7.46. The van der Waals surface area contributed by atoms with Crippen molar-refractivity contribution in [1.82, 2.24) is 9.47 Å². The van der Waals surface area contributed by atoms with Gasteiger partial charge in [0.25, 0.3) is 11.5 Å². The number of fused-ring (bicyclic) bond motifs is 1. The van der Waals surface area contributed by atoms with E-state index in [9.17, 15) is 14.7 Å². The fraction of sp³-hybridized carbons (Fsp3) is 0.387. The Morgan fingerprint density at radius 1 is 1.05 bits per heavy atom. The van der Waals surface area contributed by atoms with Gasteiger partial charge in [-0.15, -0.1) is 0 Å². The summed E-state index contributed by atoms with van der Waals surface area (Å²) in [5.74, 6) is 0.991. The lowest BCUT2D eigenvalue weighted by molar-refractivity contribution is -0.127. The van der Waals surface area contributed by atoms with Gasteiger partial charge in [-0.1, -0.05) is 11.3 Å². The van der Waals surface area contributed by atoms with Gasteiger partial charge >= 0.3 is 0 Å². The summed E-state index contributed by atoms with van der Waals surface area (Å²) >= 11 is 1.22. The van der Waals surface area contributed by atoms with E-state index in [2.05, 4.69) is 18.7 Å². The number of aromatic hydroxyl groups is 1. The van der Waals surface area contributed by atoms with Crippen LogP contribution < -0.4 is 29.3 Å². The van der Waals surface area contributed by atoms with E-state index in [4.69, 9.17) is 14.5 Å². The van der Waals surface area contributed by atoms with E-state index in [-0.39, 0.29) is 17.2 Å². The number of anilines is 1. The number of likely N-dealkylation sites (N-methyl/N-ethyl adjacent to an activating group) is 1. The predicted octanol–water partition coefficient (Wildman–Crippen LogP) is 3.67. The highest BCUT2D eigenvalue weighted by atomic mass is 32.1. The van der Waals surface area contributed by atoms with Gasteiger partial charge in [0, 0.05) is 49.1 Å². The van der Waals surface area contributed by atoms with Gasteiger partial charge in [-0.3, -0.25) is 14.2 Å². The molecule has 1 aliphatic rings. The highest BCUT2D eigenvalue weighted by molar-refractivity contribution is 7.07. The number of ether oxygens (including phenoxy) is 2.